The molecule has 0 saturated heterocycles. The first-order valence-electron chi connectivity index (χ1n) is 7.16. The molecule has 0 aliphatic carbocycles. The van der Waals surface area contributed by atoms with E-state index >= 15 is 0 Å². The van der Waals surface area contributed by atoms with Crippen LogP contribution in [0.25, 0.3) is 0 Å². The van der Waals surface area contributed by atoms with Crippen LogP contribution in [-0.2, 0) is 6.54 Å². The zero-order chi connectivity index (χ0) is 15.3. The van der Waals surface area contributed by atoms with E-state index in [1.54, 1.807) is 0 Å². The summed E-state index contributed by atoms with van der Waals surface area (Å²) >= 11 is 0. The first-order valence-corrected chi connectivity index (χ1v) is 7.16. The summed E-state index contributed by atoms with van der Waals surface area (Å²) < 4.78 is 5.63. The van der Waals surface area contributed by atoms with Gasteiger partial charge in [-0.15, -0.1) is 0 Å². The van der Waals surface area contributed by atoms with E-state index in [0.29, 0.717) is 17.6 Å². The SMILES string of the molecule is Cc1cc(CN(CC(C)C)CC(C)C)oc1C(=O)NN. The molecule has 1 heterocycles. The molecule has 0 fully saturated rings. The van der Waals surface area contributed by atoms with Gasteiger partial charge in [-0.05, 0) is 24.8 Å². The minimum Gasteiger partial charge on any atom is -0.454 e. The van der Waals surface area contributed by atoms with Gasteiger partial charge < -0.3 is 4.42 Å². The third kappa shape index (κ3) is 4.98. The van der Waals surface area contributed by atoms with Gasteiger partial charge in [-0.25, -0.2) is 5.84 Å². The van der Waals surface area contributed by atoms with Crippen LogP contribution < -0.4 is 11.3 Å². The van der Waals surface area contributed by atoms with Gasteiger partial charge in [0.05, 0.1) is 6.54 Å². The van der Waals surface area contributed by atoms with Crippen molar-refractivity contribution in [2.45, 2.75) is 41.2 Å². The predicted molar refractivity (Wildman–Crippen MR) is 80.1 cm³/mol. The lowest BCUT2D eigenvalue weighted by atomic mass is 10.1. The first kappa shape index (κ1) is 16.7. The molecule has 1 aromatic heterocycles. The normalized spacial score (nSPS) is 11.7. The second-order valence-corrected chi connectivity index (χ2v) is 6.18. The quantitative estimate of drug-likeness (QED) is 0.457. The molecule has 114 valence electrons. The maximum Gasteiger partial charge on any atom is 0.301 e. The lowest BCUT2D eigenvalue weighted by Gasteiger charge is -2.25. The van der Waals surface area contributed by atoms with E-state index in [0.717, 1.165) is 31.0 Å². The van der Waals surface area contributed by atoms with E-state index in [-0.39, 0.29) is 5.91 Å². The van der Waals surface area contributed by atoms with Crippen molar-refractivity contribution in [3.63, 3.8) is 0 Å². The van der Waals surface area contributed by atoms with Gasteiger partial charge in [-0.1, -0.05) is 27.7 Å². The van der Waals surface area contributed by atoms with Crippen molar-refractivity contribution in [3.8, 4) is 0 Å². The first-order chi connectivity index (χ1) is 9.33. The van der Waals surface area contributed by atoms with Gasteiger partial charge in [0, 0.05) is 18.7 Å². The molecular weight excluding hydrogens is 254 g/mol. The number of amides is 1. The van der Waals surface area contributed by atoms with Gasteiger partial charge in [-0.2, -0.15) is 0 Å². The number of nitrogens with zero attached hydrogens (tertiary/aromatic N) is 1. The van der Waals surface area contributed by atoms with Crippen LogP contribution in [0.2, 0.25) is 0 Å². The maximum absolute atomic E-state index is 11.5. The highest BCUT2D eigenvalue weighted by atomic mass is 16.4. The molecular formula is C15H27N3O2. The van der Waals surface area contributed by atoms with Crippen LogP contribution in [0.4, 0.5) is 0 Å². The third-order valence-electron chi connectivity index (χ3n) is 2.93. The molecule has 3 N–H and O–H groups in total. The molecule has 1 amide bonds. The molecule has 5 heteroatoms. The number of nitrogens with one attached hydrogen (secondary N) is 1. The van der Waals surface area contributed by atoms with E-state index in [1.165, 1.54) is 0 Å². The Bertz CT molecular complexity index is 428. The van der Waals surface area contributed by atoms with Gasteiger partial charge in [0.25, 0.3) is 0 Å². The maximum atomic E-state index is 11.5. The number of nitrogen functional groups attached to an aromatic ring is 1. The van der Waals surface area contributed by atoms with E-state index < -0.39 is 0 Å². The molecule has 0 aromatic carbocycles. The summed E-state index contributed by atoms with van der Waals surface area (Å²) in [6.07, 6.45) is 0. The second-order valence-electron chi connectivity index (χ2n) is 6.18. The molecule has 1 aromatic rings. The molecule has 5 nitrogen and oxygen atoms in total. The van der Waals surface area contributed by atoms with Gasteiger partial charge in [0.15, 0.2) is 5.76 Å². The molecule has 0 unspecified atom stereocenters. The fourth-order valence-corrected chi connectivity index (χ4v) is 2.37. The number of carbonyl (C=O) groups excluding carboxylic acids is 1. The molecule has 0 aliphatic rings. The Balaban J connectivity index is 2.80. The van der Waals surface area contributed by atoms with Crippen LogP contribution >= 0.6 is 0 Å². The molecule has 0 atom stereocenters. The van der Waals surface area contributed by atoms with Crippen molar-refractivity contribution in [2.75, 3.05) is 13.1 Å². The Morgan fingerprint density at radius 3 is 2.30 bits per heavy atom. The largest absolute Gasteiger partial charge is 0.454 e. The molecule has 0 saturated carbocycles. The number of furan rings is 1. The van der Waals surface area contributed by atoms with Gasteiger partial charge in [0.2, 0.25) is 0 Å². The number of carbonyl (C=O) groups is 1. The smallest absolute Gasteiger partial charge is 0.301 e. The summed E-state index contributed by atoms with van der Waals surface area (Å²) in [6, 6.07) is 1.91. The number of hydrazine groups is 1. The van der Waals surface area contributed by atoms with E-state index in [2.05, 4.69) is 38.0 Å². The lowest BCUT2D eigenvalue weighted by Crippen LogP contribution is -2.31. The van der Waals surface area contributed by atoms with Crippen molar-refractivity contribution in [2.24, 2.45) is 17.7 Å². The van der Waals surface area contributed by atoms with Crippen LogP contribution in [-0.4, -0.2) is 23.9 Å². The standard InChI is InChI=1S/C15H27N3O2/c1-10(2)7-18(8-11(3)4)9-13-6-12(5)14(20-13)15(19)17-16/h6,10-11H,7-9,16H2,1-5H3,(H,17,19). The van der Waals surface area contributed by atoms with Crippen molar-refractivity contribution < 1.29 is 9.21 Å². The summed E-state index contributed by atoms with van der Waals surface area (Å²) in [5.41, 5.74) is 2.92. The number of hydrogen-bond acceptors (Lipinski definition) is 4. The van der Waals surface area contributed by atoms with Crippen molar-refractivity contribution in [1.29, 1.82) is 0 Å². The van der Waals surface area contributed by atoms with Gasteiger partial charge in [0.1, 0.15) is 5.76 Å². The molecule has 0 spiro atoms. The Kier molecular flexibility index (Phi) is 6.23. The topological polar surface area (TPSA) is 71.5 Å². The summed E-state index contributed by atoms with van der Waals surface area (Å²) in [5, 5.41) is 0. The number of nitrogens with two attached hydrogens (primary N) is 1. The Morgan fingerprint density at radius 1 is 1.30 bits per heavy atom. The average Bonchev–Trinajstić information content (AvgIpc) is 2.67. The average molecular weight is 281 g/mol. The summed E-state index contributed by atoms with van der Waals surface area (Å²) in [7, 11) is 0. The van der Waals surface area contributed by atoms with Gasteiger partial charge >= 0.3 is 5.91 Å². The van der Waals surface area contributed by atoms with Crippen LogP contribution in [0.1, 0.15) is 49.6 Å². The monoisotopic (exact) mass is 281 g/mol. The fourth-order valence-electron chi connectivity index (χ4n) is 2.37. The van der Waals surface area contributed by atoms with Gasteiger partial charge in [-0.3, -0.25) is 15.1 Å². The summed E-state index contributed by atoms with van der Waals surface area (Å²) in [5.74, 6) is 7.06. The highest BCUT2D eigenvalue weighted by Crippen LogP contribution is 2.17. The zero-order valence-corrected chi connectivity index (χ0v) is 13.2. The van der Waals surface area contributed by atoms with Crippen LogP contribution in [0.5, 0.6) is 0 Å². The van der Waals surface area contributed by atoms with Crippen molar-refractivity contribution in [3.05, 3.63) is 23.2 Å². The molecule has 20 heavy (non-hydrogen) atoms. The third-order valence-corrected chi connectivity index (χ3v) is 2.93. The Morgan fingerprint density at radius 2 is 1.85 bits per heavy atom. The van der Waals surface area contributed by atoms with Crippen molar-refractivity contribution >= 4 is 5.91 Å². The lowest BCUT2D eigenvalue weighted by molar-refractivity contribution is 0.0920. The molecule has 0 bridgehead atoms. The predicted octanol–water partition coefficient (Wildman–Crippen LogP) is 2.31. The van der Waals surface area contributed by atoms with E-state index in [9.17, 15) is 4.79 Å². The second kappa shape index (κ2) is 7.45. The van der Waals surface area contributed by atoms with E-state index in [4.69, 9.17) is 10.3 Å². The number of aryl methyl sites for hydroxylation is 1. The Hall–Kier alpha value is -1.33. The van der Waals surface area contributed by atoms with E-state index in [1.807, 2.05) is 13.0 Å². The highest BCUT2D eigenvalue weighted by molar-refractivity contribution is 5.92. The summed E-state index contributed by atoms with van der Waals surface area (Å²) in [4.78, 5) is 13.9. The van der Waals surface area contributed by atoms with Crippen LogP contribution in [0.15, 0.2) is 10.5 Å². The molecule has 0 aliphatic heterocycles. The minimum absolute atomic E-state index is 0.302. The highest BCUT2D eigenvalue weighted by Gasteiger charge is 2.17. The summed E-state index contributed by atoms with van der Waals surface area (Å²) in [6.45, 7) is 13.4. The minimum atomic E-state index is -0.381. The number of rotatable bonds is 7. The van der Waals surface area contributed by atoms with Crippen LogP contribution in [0.3, 0.4) is 0 Å². The van der Waals surface area contributed by atoms with Crippen molar-refractivity contribution in [1.82, 2.24) is 10.3 Å². The Labute approximate surface area is 121 Å². The van der Waals surface area contributed by atoms with Crippen LogP contribution in [0, 0.1) is 18.8 Å². The molecule has 0 radical (unpaired) electrons. The zero-order valence-electron chi connectivity index (χ0n) is 13.2. The fraction of sp³-hybridized carbons (Fsp3) is 0.667. The number of hydrogen-bond donors (Lipinski definition) is 2. The molecule has 1 rings (SSSR count).